The number of carbonyl (C=O) groups is 2. The Bertz CT molecular complexity index is 662. The van der Waals surface area contributed by atoms with Crippen LogP contribution in [-0.4, -0.2) is 75.0 Å². The largest absolute Gasteiger partial charge is 0.483 e. The lowest BCUT2D eigenvalue weighted by molar-refractivity contribution is -0.122. The third kappa shape index (κ3) is 4.47. The fourth-order valence-electron chi connectivity index (χ4n) is 4.13. The molecule has 0 aromatic carbocycles. The third-order valence-corrected chi connectivity index (χ3v) is 5.59. The highest BCUT2D eigenvalue weighted by Crippen LogP contribution is 2.26. The third-order valence-electron chi connectivity index (χ3n) is 5.59. The number of morpholine rings is 1. The predicted molar refractivity (Wildman–Crippen MR) is 97.5 cm³/mol. The molecule has 27 heavy (non-hydrogen) atoms. The molecular formula is C18H29N5O4. The SMILES string of the molecule is CC(C)[C@H]1CN2C[C@@H](NC(=O)c3nnc4n3CCCC4)C[C@H]2CO1.O=CO. The van der Waals surface area contributed by atoms with Gasteiger partial charge in [-0.1, -0.05) is 13.8 Å². The van der Waals surface area contributed by atoms with Crippen LogP contribution in [0.4, 0.5) is 0 Å². The van der Waals surface area contributed by atoms with E-state index in [0.29, 0.717) is 23.9 Å². The van der Waals surface area contributed by atoms with Crippen LogP contribution in [0.1, 0.15) is 49.6 Å². The molecule has 0 spiro atoms. The molecule has 1 amide bonds. The van der Waals surface area contributed by atoms with Gasteiger partial charge in [-0.25, -0.2) is 0 Å². The summed E-state index contributed by atoms with van der Waals surface area (Å²) in [4.78, 5) is 23.5. The first kappa shape index (κ1) is 19.8. The number of aryl methyl sites for hydroxylation is 1. The van der Waals surface area contributed by atoms with E-state index in [-0.39, 0.29) is 18.4 Å². The van der Waals surface area contributed by atoms with Crippen molar-refractivity contribution in [1.29, 1.82) is 0 Å². The van der Waals surface area contributed by atoms with Gasteiger partial charge in [0.1, 0.15) is 5.82 Å². The Balaban J connectivity index is 0.000000659. The number of fused-ring (bicyclic) bond motifs is 2. The van der Waals surface area contributed by atoms with Crippen LogP contribution in [0.25, 0.3) is 0 Å². The van der Waals surface area contributed by atoms with E-state index in [9.17, 15) is 4.79 Å². The number of hydrogen-bond donors (Lipinski definition) is 2. The summed E-state index contributed by atoms with van der Waals surface area (Å²) in [6.07, 6.45) is 4.42. The Labute approximate surface area is 159 Å². The molecule has 0 aliphatic carbocycles. The molecule has 3 aliphatic rings. The maximum Gasteiger partial charge on any atom is 0.290 e. The molecule has 150 valence electrons. The number of hydrogen-bond acceptors (Lipinski definition) is 6. The summed E-state index contributed by atoms with van der Waals surface area (Å²) in [6, 6.07) is 0.603. The van der Waals surface area contributed by atoms with Crippen LogP contribution in [-0.2, 0) is 22.5 Å². The first-order chi connectivity index (χ1) is 13.0. The second-order valence-electron chi connectivity index (χ2n) is 7.78. The van der Waals surface area contributed by atoms with Gasteiger partial charge in [0.25, 0.3) is 12.4 Å². The van der Waals surface area contributed by atoms with E-state index >= 15 is 0 Å². The van der Waals surface area contributed by atoms with Crippen LogP contribution < -0.4 is 5.32 Å². The van der Waals surface area contributed by atoms with Crippen molar-refractivity contribution < 1.29 is 19.4 Å². The number of carboxylic acid groups (broad SMARTS) is 1. The lowest BCUT2D eigenvalue weighted by Crippen LogP contribution is -2.48. The van der Waals surface area contributed by atoms with E-state index in [1.54, 1.807) is 0 Å². The predicted octanol–water partition coefficient (Wildman–Crippen LogP) is 0.543. The zero-order valence-electron chi connectivity index (χ0n) is 16.0. The summed E-state index contributed by atoms with van der Waals surface area (Å²) in [5.41, 5.74) is 0. The molecule has 1 aromatic rings. The van der Waals surface area contributed by atoms with Crippen molar-refractivity contribution in [1.82, 2.24) is 25.0 Å². The molecule has 2 fully saturated rings. The summed E-state index contributed by atoms with van der Waals surface area (Å²) in [6.45, 7) is 7.66. The lowest BCUT2D eigenvalue weighted by atomic mass is 10.0. The van der Waals surface area contributed by atoms with E-state index in [4.69, 9.17) is 14.6 Å². The molecule has 0 unspecified atom stereocenters. The summed E-state index contributed by atoms with van der Waals surface area (Å²) >= 11 is 0. The van der Waals surface area contributed by atoms with Crippen LogP contribution in [0.3, 0.4) is 0 Å². The Morgan fingerprint density at radius 3 is 2.85 bits per heavy atom. The highest BCUT2D eigenvalue weighted by Gasteiger charge is 2.39. The zero-order chi connectivity index (χ0) is 19.4. The van der Waals surface area contributed by atoms with Crippen molar-refractivity contribution in [3.8, 4) is 0 Å². The minimum atomic E-state index is -0.250. The standard InChI is InChI=1S/C17H27N5O2.CH2O2/c1-11(2)14-9-21-8-12(7-13(21)10-24-14)18-17(23)16-20-19-15-5-3-4-6-22(15)16;2-1-3/h11-14H,3-10H2,1-2H3,(H,18,23);1H,(H,2,3)/t12-,13-,14+;/m0./s1. The van der Waals surface area contributed by atoms with Gasteiger partial charge in [-0.2, -0.15) is 0 Å². The molecule has 2 saturated heterocycles. The van der Waals surface area contributed by atoms with Crippen molar-refractivity contribution in [3.05, 3.63) is 11.6 Å². The van der Waals surface area contributed by atoms with Crippen molar-refractivity contribution in [2.75, 3.05) is 19.7 Å². The Morgan fingerprint density at radius 1 is 1.33 bits per heavy atom. The first-order valence-corrected chi connectivity index (χ1v) is 9.70. The second kappa shape index (κ2) is 8.79. The maximum atomic E-state index is 12.6. The van der Waals surface area contributed by atoms with E-state index in [0.717, 1.165) is 57.7 Å². The number of ether oxygens (including phenoxy) is 1. The number of nitrogens with one attached hydrogen (secondary N) is 1. The average molecular weight is 379 g/mol. The molecule has 9 nitrogen and oxygen atoms in total. The van der Waals surface area contributed by atoms with Gasteiger partial charge in [0, 0.05) is 38.1 Å². The summed E-state index contributed by atoms with van der Waals surface area (Å²) < 4.78 is 7.96. The highest BCUT2D eigenvalue weighted by atomic mass is 16.5. The van der Waals surface area contributed by atoms with E-state index in [2.05, 4.69) is 34.3 Å². The summed E-state index contributed by atoms with van der Waals surface area (Å²) in [5.74, 6) is 1.87. The van der Waals surface area contributed by atoms with Gasteiger partial charge in [0.2, 0.25) is 5.82 Å². The van der Waals surface area contributed by atoms with E-state index in [1.807, 2.05) is 4.57 Å². The van der Waals surface area contributed by atoms with Crippen molar-refractivity contribution in [3.63, 3.8) is 0 Å². The molecule has 4 heterocycles. The number of carbonyl (C=O) groups excluding carboxylic acids is 1. The van der Waals surface area contributed by atoms with Crippen molar-refractivity contribution in [2.24, 2.45) is 5.92 Å². The fraction of sp³-hybridized carbons (Fsp3) is 0.778. The van der Waals surface area contributed by atoms with Crippen LogP contribution in [0.15, 0.2) is 0 Å². The number of aromatic nitrogens is 3. The van der Waals surface area contributed by atoms with Gasteiger partial charge >= 0.3 is 0 Å². The Kier molecular flexibility index (Phi) is 6.43. The number of amides is 1. The second-order valence-corrected chi connectivity index (χ2v) is 7.78. The number of nitrogens with zero attached hydrogens (tertiary/aromatic N) is 4. The smallest absolute Gasteiger partial charge is 0.290 e. The van der Waals surface area contributed by atoms with E-state index < -0.39 is 0 Å². The van der Waals surface area contributed by atoms with Crippen LogP contribution in [0.2, 0.25) is 0 Å². The average Bonchev–Trinajstić information content (AvgIpc) is 3.25. The molecular weight excluding hydrogens is 350 g/mol. The van der Waals surface area contributed by atoms with Gasteiger partial charge < -0.3 is 19.7 Å². The fourth-order valence-corrected chi connectivity index (χ4v) is 4.13. The van der Waals surface area contributed by atoms with Gasteiger partial charge in [0.15, 0.2) is 0 Å². The monoisotopic (exact) mass is 379 g/mol. The molecule has 3 aliphatic heterocycles. The van der Waals surface area contributed by atoms with Gasteiger partial charge in [0.05, 0.1) is 12.7 Å². The molecule has 9 heteroatoms. The lowest BCUT2D eigenvalue weighted by Gasteiger charge is -2.36. The molecule has 0 saturated carbocycles. The van der Waals surface area contributed by atoms with Crippen molar-refractivity contribution in [2.45, 2.75) is 64.3 Å². The summed E-state index contributed by atoms with van der Waals surface area (Å²) in [5, 5.41) is 18.4. The molecule has 2 N–H and O–H groups in total. The Morgan fingerprint density at radius 2 is 2.11 bits per heavy atom. The molecule has 4 rings (SSSR count). The topological polar surface area (TPSA) is 110 Å². The molecule has 1 aromatic heterocycles. The van der Waals surface area contributed by atoms with E-state index in [1.165, 1.54) is 0 Å². The number of rotatable bonds is 3. The van der Waals surface area contributed by atoms with Crippen LogP contribution in [0, 0.1) is 5.92 Å². The molecule has 0 radical (unpaired) electrons. The van der Waals surface area contributed by atoms with Crippen LogP contribution >= 0.6 is 0 Å². The minimum Gasteiger partial charge on any atom is -0.483 e. The highest BCUT2D eigenvalue weighted by molar-refractivity contribution is 5.91. The zero-order valence-corrected chi connectivity index (χ0v) is 16.0. The Hall–Kier alpha value is -2.00. The maximum absolute atomic E-state index is 12.6. The summed E-state index contributed by atoms with van der Waals surface area (Å²) in [7, 11) is 0. The van der Waals surface area contributed by atoms with Gasteiger partial charge in [-0.15, -0.1) is 10.2 Å². The van der Waals surface area contributed by atoms with Crippen molar-refractivity contribution >= 4 is 12.4 Å². The molecule has 3 atom stereocenters. The minimum absolute atomic E-state index is 0.0816. The van der Waals surface area contributed by atoms with Crippen LogP contribution in [0.5, 0.6) is 0 Å². The van der Waals surface area contributed by atoms with Gasteiger partial charge in [-0.3, -0.25) is 14.5 Å². The normalized spacial score (nSPS) is 27.3. The quantitative estimate of drug-likeness (QED) is 0.738. The first-order valence-electron chi connectivity index (χ1n) is 9.70. The van der Waals surface area contributed by atoms with Gasteiger partial charge in [-0.05, 0) is 25.2 Å². The molecule has 0 bridgehead atoms.